The molecule has 7 aliphatic rings. The SMILES string of the molecule is CC(=O)C1OC[C@@H]2[C@H](C[C@H]3C[C@@H]2C3(C)C)SCS[C@H]2C[C@H]3C[C@@H]([C@@H]2CO1)C3(C)C. The van der Waals surface area contributed by atoms with Gasteiger partial charge in [0.05, 0.1) is 13.2 Å². The summed E-state index contributed by atoms with van der Waals surface area (Å²) in [4.78, 5) is 12.3. The number of carbonyl (C=O) groups is 1. The Labute approximate surface area is 185 Å². The minimum Gasteiger partial charge on any atom is -0.346 e. The Morgan fingerprint density at radius 2 is 1.24 bits per heavy atom. The lowest BCUT2D eigenvalue weighted by Crippen LogP contribution is -2.59. The lowest BCUT2D eigenvalue weighted by atomic mass is 9.45. The quantitative estimate of drug-likeness (QED) is 0.542. The van der Waals surface area contributed by atoms with Crippen molar-refractivity contribution in [2.45, 2.75) is 77.1 Å². The molecule has 0 aromatic rings. The number of carbonyl (C=O) groups excluding carboxylic acids is 1. The Hall–Kier alpha value is 0.290. The number of rotatable bonds is 1. The molecule has 1 saturated heterocycles. The maximum Gasteiger partial charge on any atom is 0.217 e. The Morgan fingerprint density at radius 1 is 0.793 bits per heavy atom. The molecule has 1 heterocycles. The van der Waals surface area contributed by atoms with Crippen molar-refractivity contribution >= 4 is 29.3 Å². The van der Waals surface area contributed by atoms with Gasteiger partial charge in [0.2, 0.25) is 6.29 Å². The van der Waals surface area contributed by atoms with Crippen LogP contribution >= 0.6 is 23.5 Å². The molecule has 5 heteroatoms. The third-order valence-electron chi connectivity index (χ3n) is 9.89. The van der Waals surface area contributed by atoms with Crippen molar-refractivity contribution in [3.63, 3.8) is 0 Å². The Morgan fingerprint density at radius 3 is 1.62 bits per heavy atom. The zero-order chi connectivity index (χ0) is 20.6. The van der Waals surface area contributed by atoms with Gasteiger partial charge >= 0.3 is 0 Å². The maximum atomic E-state index is 12.3. The number of ether oxygens (including phenoxy) is 2. The molecule has 3 nitrogen and oxygen atoms in total. The monoisotopic (exact) mass is 438 g/mol. The normalized spacial score (nSPS) is 50.4. The van der Waals surface area contributed by atoms with E-state index in [0.717, 1.165) is 23.7 Å². The minimum atomic E-state index is -0.674. The van der Waals surface area contributed by atoms with Gasteiger partial charge < -0.3 is 9.47 Å². The third-order valence-corrected chi connectivity index (χ3v) is 12.9. The zero-order valence-electron chi connectivity index (χ0n) is 18.7. The van der Waals surface area contributed by atoms with E-state index in [9.17, 15) is 4.79 Å². The van der Waals surface area contributed by atoms with Gasteiger partial charge in [0, 0.05) is 15.6 Å². The zero-order valence-corrected chi connectivity index (χ0v) is 20.3. The summed E-state index contributed by atoms with van der Waals surface area (Å²) >= 11 is 4.39. The highest BCUT2D eigenvalue weighted by molar-refractivity contribution is 8.16. The van der Waals surface area contributed by atoms with E-state index in [1.165, 1.54) is 30.8 Å². The Kier molecular flexibility index (Phi) is 5.41. The van der Waals surface area contributed by atoms with E-state index < -0.39 is 6.29 Å². The van der Waals surface area contributed by atoms with Crippen molar-refractivity contribution < 1.29 is 14.3 Å². The minimum absolute atomic E-state index is 0.0265. The first-order valence-corrected chi connectivity index (χ1v) is 13.8. The summed E-state index contributed by atoms with van der Waals surface area (Å²) in [5.74, 6) is 4.34. The first-order valence-electron chi connectivity index (χ1n) is 11.7. The molecule has 6 saturated carbocycles. The fraction of sp³-hybridized carbons (Fsp3) is 0.958. The molecule has 0 aromatic heterocycles. The molecule has 1 aliphatic heterocycles. The lowest BCUT2D eigenvalue weighted by Gasteiger charge is -2.63. The Balaban J connectivity index is 1.34. The predicted molar refractivity (Wildman–Crippen MR) is 121 cm³/mol. The van der Waals surface area contributed by atoms with E-state index in [1.54, 1.807) is 6.92 Å². The topological polar surface area (TPSA) is 35.5 Å². The molecule has 0 aromatic carbocycles. The van der Waals surface area contributed by atoms with Crippen molar-refractivity contribution in [2.24, 2.45) is 46.3 Å². The highest BCUT2D eigenvalue weighted by atomic mass is 32.2. The van der Waals surface area contributed by atoms with Gasteiger partial charge in [-0.05, 0) is 78.9 Å². The number of hydrogen-bond donors (Lipinski definition) is 0. The van der Waals surface area contributed by atoms with Crippen LogP contribution in [0.5, 0.6) is 0 Å². The van der Waals surface area contributed by atoms with Crippen LogP contribution in [0.4, 0.5) is 0 Å². The molecule has 0 spiro atoms. The maximum absolute atomic E-state index is 12.3. The van der Waals surface area contributed by atoms with Gasteiger partial charge in [-0.15, -0.1) is 23.5 Å². The van der Waals surface area contributed by atoms with Crippen LogP contribution in [-0.4, -0.2) is 40.9 Å². The molecular formula is C24H38O3S2. The van der Waals surface area contributed by atoms with Gasteiger partial charge in [0.25, 0.3) is 0 Å². The first-order chi connectivity index (χ1) is 13.7. The van der Waals surface area contributed by atoms with Crippen LogP contribution < -0.4 is 0 Å². The van der Waals surface area contributed by atoms with Crippen LogP contribution in [0, 0.1) is 46.3 Å². The average molecular weight is 439 g/mol. The van der Waals surface area contributed by atoms with E-state index in [0.29, 0.717) is 46.4 Å². The third kappa shape index (κ3) is 3.36. The lowest BCUT2D eigenvalue weighted by molar-refractivity contribution is -0.200. The molecule has 0 radical (unpaired) electrons. The summed E-state index contributed by atoms with van der Waals surface area (Å²) in [6.45, 7) is 12.8. The molecule has 164 valence electrons. The molecule has 0 N–H and O–H groups in total. The van der Waals surface area contributed by atoms with Crippen LogP contribution in [0.2, 0.25) is 0 Å². The smallest absolute Gasteiger partial charge is 0.217 e. The van der Waals surface area contributed by atoms with E-state index in [2.05, 4.69) is 51.2 Å². The predicted octanol–water partition coefficient (Wildman–Crippen LogP) is 5.47. The van der Waals surface area contributed by atoms with Gasteiger partial charge in [-0.1, -0.05) is 27.7 Å². The number of hydrogen-bond acceptors (Lipinski definition) is 5. The van der Waals surface area contributed by atoms with Gasteiger partial charge in [0.1, 0.15) is 0 Å². The molecule has 0 amide bonds. The van der Waals surface area contributed by atoms with Crippen LogP contribution in [0.15, 0.2) is 0 Å². The fourth-order valence-corrected chi connectivity index (χ4v) is 11.0. The van der Waals surface area contributed by atoms with Crippen molar-refractivity contribution in [3.05, 3.63) is 0 Å². The number of Topliss-reactive ketones (excluding diaryl/α,β-unsaturated/α-hetero) is 1. The summed E-state index contributed by atoms with van der Waals surface area (Å²) in [5.41, 5.74) is 0.867. The number of ketones is 1. The average Bonchev–Trinajstić information content (AvgIpc) is 2.66. The summed E-state index contributed by atoms with van der Waals surface area (Å²) in [7, 11) is 0. The molecule has 8 atom stereocenters. The summed E-state index contributed by atoms with van der Waals surface area (Å²) in [6.07, 6.45) is 4.66. The highest BCUT2D eigenvalue weighted by Crippen LogP contribution is 2.65. The first kappa shape index (κ1) is 21.2. The number of thioether (sulfide) groups is 2. The van der Waals surface area contributed by atoms with Crippen LogP contribution in [-0.2, 0) is 14.3 Å². The summed E-state index contributed by atoms with van der Waals surface area (Å²) in [6, 6.07) is 0. The second kappa shape index (κ2) is 7.42. The second-order valence-electron chi connectivity index (χ2n) is 11.7. The van der Waals surface area contributed by atoms with Gasteiger partial charge in [0.15, 0.2) is 5.78 Å². The van der Waals surface area contributed by atoms with E-state index in [4.69, 9.17) is 9.47 Å². The molecule has 29 heavy (non-hydrogen) atoms. The van der Waals surface area contributed by atoms with Crippen molar-refractivity contribution in [1.29, 1.82) is 0 Å². The van der Waals surface area contributed by atoms with Crippen LogP contribution in [0.3, 0.4) is 0 Å². The largest absolute Gasteiger partial charge is 0.346 e. The van der Waals surface area contributed by atoms with E-state index in [1.807, 2.05) is 0 Å². The summed E-state index contributed by atoms with van der Waals surface area (Å²) in [5, 5.41) is 2.57. The fourth-order valence-electron chi connectivity index (χ4n) is 7.52. The van der Waals surface area contributed by atoms with Crippen molar-refractivity contribution in [2.75, 3.05) is 18.3 Å². The summed E-state index contributed by atoms with van der Waals surface area (Å²) < 4.78 is 12.4. The molecular weight excluding hydrogens is 400 g/mol. The van der Waals surface area contributed by atoms with Gasteiger partial charge in [-0.25, -0.2) is 0 Å². The van der Waals surface area contributed by atoms with Crippen molar-refractivity contribution in [1.82, 2.24) is 0 Å². The van der Waals surface area contributed by atoms with Crippen LogP contribution in [0.25, 0.3) is 0 Å². The molecule has 4 bridgehead atoms. The van der Waals surface area contributed by atoms with E-state index in [-0.39, 0.29) is 5.78 Å². The second-order valence-corrected chi connectivity index (χ2v) is 14.5. The Bertz CT molecular complexity index is 615. The van der Waals surface area contributed by atoms with Gasteiger partial charge in [-0.3, -0.25) is 4.79 Å². The van der Waals surface area contributed by atoms with Gasteiger partial charge in [-0.2, -0.15) is 0 Å². The molecule has 7 rings (SSSR count). The van der Waals surface area contributed by atoms with Crippen LogP contribution in [0.1, 0.15) is 60.3 Å². The molecule has 7 fully saturated rings. The standard InChI is InChI=1S/C24H38O3S2/c1-13(25)22-26-10-16-18-6-14(23(18,2)3)8-20(16)28-12-29-21-9-15-7-19(24(15,4)5)17(21)11-27-22/h14-22H,6-12H2,1-5H3/t14-,15-,16+,17+,18+,19+,20+,21+/m1/s1. The highest BCUT2D eigenvalue weighted by Gasteiger charge is 2.59. The molecule has 6 aliphatic carbocycles. The molecule has 0 unspecified atom stereocenters. The van der Waals surface area contributed by atoms with E-state index >= 15 is 0 Å². The van der Waals surface area contributed by atoms with Crippen molar-refractivity contribution in [3.8, 4) is 0 Å².